The number of fused-ring (bicyclic) bond motifs is 2. The third kappa shape index (κ3) is 2.51. The van der Waals surface area contributed by atoms with E-state index in [-0.39, 0.29) is 11.5 Å². The number of aromatic amines is 1. The molecule has 0 saturated heterocycles. The third-order valence-corrected chi connectivity index (χ3v) is 5.23. The fraction of sp³-hybridized carbons (Fsp3) is 0.211. The SMILES string of the molecule is Cn1c(N2CCc3[nH]cnc3[C@H]2c2cc3c(F)cccn3n2)cnc(C#N)c1=O. The monoisotopic (exact) mass is 390 g/mol. The van der Waals surface area contributed by atoms with Crippen LogP contribution in [0, 0.1) is 17.1 Å². The van der Waals surface area contributed by atoms with E-state index >= 15 is 0 Å². The molecular weight excluding hydrogens is 375 g/mol. The molecule has 4 aromatic heterocycles. The summed E-state index contributed by atoms with van der Waals surface area (Å²) in [4.78, 5) is 26.0. The van der Waals surface area contributed by atoms with Gasteiger partial charge in [-0.05, 0) is 18.2 Å². The molecule has 0 fully saturated rings. The zero-order chi connectivity index (χ0) is 20.1. The maximum Gasteiger partial charge on any atom is 0.288 e. The molecule has 5 rings (SSSR count). The zero-order valence-corrected chi connectivity index (χ0v) is 15.4. The van der Waals surface area contributed by atoms with Crippen molar-refractivity contribution < 1.29 is 4.39 Å². The molecule has 1 N–H and O–H groups in total. The van der Waals surface area contributed by atoms with Gasteiger partial charge < -0.3 is 9.88 Å². The Morgan fingerprint density at radius 2 is 2.24 bits per heavy atom. The highest BCUT2D eigenvalue weighted by Gasteiger charge is 2.34. The summed E-state index contributed by atoms with van der Waals surface area (Å²) < 4.78 is 17.1. The summed E-state index contributed by atoms with van der Waals surface area (Å²) in [6.45, 7) is 0.567. The Morgan fingerprint density at radius 1 is 1.38 bits per heavy atom. The van der Waals surface area contributed by atoms with Crippen molar-refractivity contribution >= 4 is 11.3 Å². The highest BCUT2D eigenvalue weighted by molar-refractivity contribution is 5.54. The van der Waals surface area contributed by atoms with E-state index in [1.807, 2.05) is 4.90 Å². The molecule has 10 heteroatoms. The van der Waals surface area contributed by atoms with E-state index in [0.29, 0.717) is 30.0 Å². The van der Waals surface area contributed by atoms with Crippen molar-refractivity contribution in [2.45, 2.75) is 12.5 Å². The van der Waals surface area contributed by atoms with Gasteiger partial charge in [0.1, 0.15) is 29.3 Å². The molecule has 1 atom stereocenters. The maximum atomic E-state index is 14.2. The third-order valence-electron chi connectivity index (χ3n) is 5.23. The standard InChI is InChI=1S/C19H15FN8O/c1-26-16(9-22-14(8-21)19(26)29)27-6-4-12-17(24-10-23-12)18(27)13-7-15-11(20)3-2-5-28(15)25-13/h2-3,5,7,9-10,18H,4,6H2,1H3,(H,23,24)/t18-/m1/s1. The second-order valence-electron chi connectivity index (χ2n) is 6.81. The maximum absolute atomic E-state index is 14.2. The fourth-order valence-corrected chi connectivity index (χ4v) is 3.83. The van der Waals surface area contributed by atoms with Gasteiger partial charge in [-0.25, -0.2) is 18.9 Å². The number of rotatable bonds is 2. The van der Waals surface area contributed by atoms with Crippen LogP contribution in [0.5, 0.6) is 0 Å². The van der Waals surface area contributed by atoms with E-state index in [0.717, 1.165) is 11.4 Å². The van der Waals surface area contributed by atoms with Gasteiger partial charge in [0.15, 0.2) is 0 Å². The highest BCUT2D eigenvalue weighted by Crippen LogP contribution is 2.36. The van der Waals surface area contributed by atoms with Gasteiger partial charge in [-0.15, -0.1) is 0 Å². The van der Waals surface area contributed by atoms with Crippen LogP contribution in [0.15, 0.2) is 41.7 Å². The largest absolute Gasteiger partial charge is 0.348 e. The molecule has 0 unspecified atom stereocenters. The Balaban J connectivity index is 1.71. The van der Waals surface area contributed by atoms with Gasteiger partial charge in [0.2, 0.25) is 5.69 Å². The zero-order valence-electron chi connectivity index (χ0n) is 15.4. The van der Waals surface area contributed by atoms with Crippen LogP contribution in [0.4, 0.5) is 10.2 Å². The molecule has 4 aromatic rings. The number of nitrogens with zero attached hydrogens (tertiary/aromatic N) is 7. The molecule has 0 aromatic carbocycles. The van der Waals surface area contributed by atoms with Crippen LogP contribution < -0.4 is 10.5 Å². The van der Waals surface area contributed by atoms with Crippen LogP contribution in [-0.4, -0.2) is 35.7 Å². The lowest BCUT2D eigenvalue weighted by Gasteiger charge is -2.36. The van der Waals surface area contributed by atoms with Crippen LogP contribution in [0.3, 0.4) is 0 Å². The topological polar surface area (TPSA) is 108 Å². The Hall–Kier alpha value is -4.00. The van der Waals surface area contributed by atoms with E-state index in [9.17, 15) is 9.18 Å². The van der Waals surface area contributed by atoms with Crippen LogP contribution >= 0.6 is 0 Å². The van der Waals surface area contributed by atoms with Crippen molar-refractivity contribution in [3.05, 3.63) is 75.9 Å². The summed E-state index contributed by atoms with van der Waals surface area (Å²) in [5.74, 6) is 0.161. The first kappa shape index (κ1) is 17.1. The molecule has 0 bridgehead atoms. The number of anilines is 1. The lowest BCUT2D eigenvalue weighted by atomic mass is 10.00. The summed E-state index contributed by atoms with van der Waals surface area (Å²) in [5.41, 5.74) is 2.04. The van der Waals surface area contributed by atoms with Crippen LogP contribution in [0.1, 0.15) is 28.8 Å². The molecular formula is C19H15FN8O. The van der Waals surface area contributed by atoms with E-state index in [4.69, 9.17) is 5.26 Å². The van der Waals surface area contributed by atoms with E-state index in [1.165, 1.54) is 21.3 Å². The molecule has 0 aliphatic carbocycles. The molecule has 0 amide bonds. The van der Waals surface area contributed by atoms with Crippen molar-refractivity contribution in [1.29, 1.82) is 5.26 Å². The van der Waals surface area contributed by atoms with Crippen LogP contribution in [0.25, 0.3) is 5.52 Å². The molecule has 0 spiro atoms. The number of halogens is 1. The van der Waals surface area contributed by atoms with Gasteiger partial charge in [-0.1, -0.05) is 0 Å². The van der Waals surface area contributed by atoms with Crippen LogP contribution in [0.2, 0.25) is 0 Å². The quantitative estimate of drug-likeness (QED) is 0.553. The predicted molar refractivity (Wildman–Crippen MR) is 101 cm³/mol. The van der Waals surface area contributed by atoms with Crippen LogP contribution in [-0.2, 0) is 13.5 Å². The highest BCUT2D eigenvalue weighted by atomic mass is 19.1. The predicted octanol–water partition coefficient (Wildman–Crippen LogP) is 1.31. The van der Waals surface area contributed by atoms with Gasteiger partial charge in [0, 0.05) is 31.9 Å². The fourth-order valence-electron chi connectivity index (χ4n) is 3.83. The first-order valence-corrected chi connectivity index (χ1v) is 8.97. The number of aromatic nitrogens is 6. The number of nitrogens with one attached hydrogen (secondary N) is 1. The Kier molecular flexibility index (Phi) is 3.70. The molecule has 5 heterocycles. The van der Waals surface area contributed by atoms with E-state index in [2.05, 4.69) is 20.1 Å². The minimum Gasteiger partial charge on any atom is -0.348 e. The number of imidazole rings is 1. The number of pyridine rings is 1. The van der Waals surface area contributed by atoms with Crippen molar-refractivity contribution in [3.63, 3.8) is 0 Å². The molecule has 9 nitrogen and oxygen atoms in total. The van der Waals surface area contributed by atoms with Crippen molar-refractivity contribution in [1.82, 2.24) is 29.1 Å². The van der Waals surface area contributed by atoms with Crippen molar-refractivity contribution in [3.8, 4) is 6.07 Å². The van der Waals surface area contributed by atoms with Gasteiger partial charge >= 0.3 is 0 Å². The number of H-pyrrole nitrogens is 1. The summed E-state index contributed by atoms with van der Waals surface area (Å²) >= 11 is 0. The van der Waals surface area contributed by atoms with E-state index < -0.39 is 11.6 Å². The minimum atomic E-state index is -0.474. The average molecular weight is 390 g/mol. The minimum absolute atomic E-state index is 0.167. The second kappa shape index (κ2) is 6.27. The first-order valence-electron chi connectivity index (χ1n) is 8.97. The van der Waals surface area contributed by atoms with Gasteiger partial charge in [0.25, 0.3) is 5.56 Å². The summed E-state index contributed by atoms with van der Waals surface area (Å²) in [7, 11) is 1.60. The second-order valence-corrected chi connectivity index (χ2v) is 6.81. The molecule has 0 saturated carbocycles. The smallest absolute Gasteiger partial charge is 0.288 e. The van der Waals surface area contributed by atoms with Crippen molar-refractivity contribution in [2.24, 2.45) is 7.05 Å². The Bertz CT molecular complexity index is 1340. The molecule has 1 aliphatic heterocycles. The van der Waals surface area contributed by atoms with Gasteiger partial charge in [-0.2, -0.15) is 10.4 Å². The van der Waals surface area contributed by atoms with E-state index in [1.54, 1.807) is 37.8 Å². The lowest BCUT2D eigenvalue weighted by molar-refractivity contribution is 0.592. The normalized spacial score (nSPS) is 16.0. The molecule has 29 heavy (non-hydrogen) atoms. The number of hydrogen-bond donors (Lipinski definition) is 1. The first-order chi connectivity index (χ1) is 14.1. The average Bonchev–Trinajstić information content (AvgIpc) is 3.37. The Morgan fingerprint density at radius 3 is 3.03 bits per heavy atom. The number of nitriles is 1. The van der Waals surface area contributed by atoms with Gasteiger partial charge in [0.05, 0.1) is 23.9 Å². The summed E-state index contributed by atoms with van der Waals surface area (Å²) in [6, 6.07) is 6.03. The lowest BCUT2D eigenvalue weighted by Crippen LogP contribution is -2.40. The molecule has 144 valence electrons. The molecule has 0 radical (unpaired) electrons. The summed E-state index contributed by atoms with van der Waals surface area (Å²) in [5, 5.41) is 13.6. The van der Waals surface area contributed by atoms with Gasteiger partial charge in [-0.3, -0.25) is 9.36 Å². The number of hydrogen-bond acceptors (Lipinski definition) is 6. The molecule has 1 aliphatic rings. The summed E-state index contributed by atoms with van der Waals surface area (Å²) in [6.07, 6.45) is 5.48. The van der Waals surface area contributed by atoms with Crippen molar-refractivity contribution in [2.75, 3.05) is 11.4 Å². The Labute approximate surface area is 163 Å².